The number of ether oxygens (including phenoxy) is 1. The SMILES string of the molecule is CC/C=C\C/C=C\C/C=C\C/C=C\C/C=C\CCCCCCCC(=O)OC(CCCCCCCCCCCCCCC)CCCCCCCC(=O)NCC(=O)NC(CO)C(=O)O. The summed E-state index contributed by atoms with van der Waals surface area (Å²) in [6, 6.07) is -1.39. The van der Waals surface area contributed by atoms with E-state index in [1.807, 2.05) is 0 Å². The number of esters is 1. The topological polar surface area (TPSA) is 142 Å². The van der Waals surface area contributed by atoms with Crippen molar-refractivity contribution in [2.24, 2.45) is 0 Å². The number of carboxylic acid groups (broad SMARTS) is 1. The zero-order valence-electron chi connectivity index (χ0n) is 39.6. The Bertz CT molecular complexity index is 1220. The average Bonchev–Trinajstić information content (AvgIpc) is 3.26. The lowest BCUT2D eigenvalue weighted by molar-refractivity contribution is -0.150. The summed E-state index contributed by atoms with van der Waals surface area (Å²) in [6.45, 7) is 3.38. The van der Waals surface area contributed by atoms with E-state index in [-0.39, 0.29) is 24.5 Å². The van der Waals surface area contributed by atoms with Gasteiger partial charge in [-0.1, -0.05) is 190 Å². The number of carbonyl (C=O) groups excluding carboxylic acids is 3. The molecule has 0 aromatic heterocycles. The number of aliphatic hydroxyl groups excluding tert-OH is 1. The minimum Gasteiger partial charge on any atom is -0.480 e. The zero-order chi connectivity index (χ0) is 45.4. The van der Waals surface area contributed by atoms with Crippen LogP contribution in [0.15, 0.2) is 60.8 Å². The normalized spacial score (nSPS) is 13.0. The van der Waals surface area contributed by atoms with Gasteiger partial charge in [-0.2, -0.15) is 0 Å². The van der Waals surface area contributed by atoms with Crippen molar-refractivity contribution < 1.29 is 34.1 Å². The number of aliphatic carboxylic acids is 1. The van der Waals surface area contributed by atoms with Crippen LogP contribution in [-0.2, 0) is 23.9 Å². The van der Waals surface area contributed by atoms with Gasteiger partial charge in [0.15, 0.2) is 0 Å². The summed E-state index contributed by atoms with van der Waals surface area (Å²) in [6.07, 6.45) is 58.2. The molecule has 0 aliphatic carbocycles. The van der Waals surface area contributed by atoms with Gasteiger partial charge in [0.05, 0.1) is 13.2 Å². The maximum atomic E-state index is 12.9. The molecular formula is C53H92N2O7. The molecule has 0 fully saturated rings. The largest absolute Gasteiger partial charge is 0.480 e. The quantitative estimate of drug-likeness (QED) is 0.0271. The molecule has 356 valence electrons. The highest BCUT2D eigenvalue weighted by atomic mass is 16.5. The maximum absolute atomic E-state index is 12.9. The zero-order valence-corrected chi connectivity index (χ0v) is 39.6. The Kier molecular flexibility index (Phi) is 44.4. The van der Waals surface area contributed by atoms with Crippen LogP contribution in [-0.4, -0.2) is 59.3 Å². The van der Waals surface area contributed by atoms with E-state index in [1.54, 1.807) is 0 Å². The van der Waals surface area contributed by atoms with E-state index in [0.717, 1.165) is 103 Å². The summed E-state index contributed by atoms with van der Waals surface area (Å²) < 4.78 is 6.06. The third-order valence-corrected chi connectivity index (χ3v) is 11.0. The van der Waals surface area contributed by atoms with Crippen LogP contribution in [0.5, 0.6) is 0 Å². The molecule has 0 aromatic rings. The van der Waals surface area contributed by atoms with Gasteiger partial charge in [0.25, 0.3) is 0 Å². The second-order valence-corrected chi connectivity index (χ2v) is 16.9. The number of carboxylic acids is 1. The lowest BCUT2D eigenvalue weighted by Crippen LogP contribution is -2.47. The van der Waals surface area contributed by atoms with Gasteiger partial charge < -0.3 is 25.6 Å². The molecule has 0 aliphatic rings. The molecule has 2 atom stereocenters. The number of hydrogen-bond donors (Lipinski definition) is 4. The van der Waals surface area contributed by atoms with Gasteiger partial charge in [-0.05, 0) is 83.5 Å². The summed E-state index contributed by atoms with van der Waals surface area (Å²) in [5.41, 5.74) is 0. The van der Waals surface area contributed by atoms with Crippen LogP contribution in [0.4, 0.5) is 0 Å². The minimum atomic E-state index is -1.39. The first-order chi connectivity index (χ1) is 30.3. The van der Waals surface area contributed by atoms with Gasteiger partial charge in [-0.25, -0.2) is 4.79 Å². The van der Waals surface area contributed by atoms with Crippen molar-refractivity contribution in [1.82, 2.24) is 10.6 Å². The highest BCUT2D eigenvalue weighted by Gasteiger charge is 2.19. The molecule has 2 unspecified atom stereocenters. The number of unbranched alkanes of at least 4 members (excludes halogenated alkanes) is 21. The Morgan fingerprint density at radius 2 is 0.919 bits per heavy atom. The van der Waals surface area contributed by atoms with E-state index < -0.39 is 24.5 Å². The predicted octanol–water partition coefficient (Wildman–Crippen LogP) is 13.3. The molecule has 9 heteroatoms. The van der Waals surface area contributed by atoms with Gasteiger partial charge >= 0.3 is 11.9 Å². The first kappa shape index (κ1) is 58.5. The third-order valence-electron chi connectivity index (χ3n) is 11.0. The highest BCUT2D eigenvalue weighted by Crippen LogP contribution is 2.19. The lowest BCUT2D eigenvalue weighted by atomic mass is 10.0. The number of allylic oxidation sites excluding steroid dienone is 10. The Labute approximate surface area is 379 Å². The maximum Gasteiger partial charge on any atom is 0.328 e. The fraction of sp³-hybridized carbons (Fsp3) is 0.736. The second-order valence-electron chi connectivity index (χ2n) is 16.9. The fourth-order valence-electron chi connectivity index (χ4n) is 7.21. The van der Waals surface area contributed by atoms with Crippen molar-refractivity contribution in [2.75, 3.05) is 13.2 Å². The predicted molar refractivity (Wildman–Crippen MR) is 259 cm³/mol. The lowest BCUT2D eigenvalue weighted by Gasteiger charge is -2.18. The van der Waals surface area contributed by atoms with E-state index in [0.29, 0.717) is 19.3 Å². The van der Waals surface area contributed by atoms with Crippen molar-refractivity contribution in [3.8, 4) is 0 Å². The van der Waals surface area contributed by atoms with Gasteiger partial charge in [0.1, 0.15) is 12.1 Å². The fourth-order valence-corrected chi connectivity index (χ4v) is 7.21. The molecule has 0 saturated heterocycles. The van der Waals surface area contributed by atoms with Crippen LogP contribution in [0.1, 0.15) is 226 Å². The molecule has 0 aliphatic heterocycles. The van der Waals surface area contributed by atoms with Gasteiger partial charge in [-0.15, -0.1) is 0 Å². The molecule has 2 amide bonds. The molecule has 4 N–H and O–H groups in total. The number of hydrogen-bond acceptors (Lipinski definition) is 6. The van der Waals surface area contributed by atoms with Crippen molar-refractivity contribution >= 4 is 23.8 Å². The molecular weight excluding hydrogens is 777 g/mol. The van der Waals surface area contributed by atoms with E-state index >= 15 is 0 Å². The highest BCUT2D eigenvalue weighted by molar-refractivity contribution is 5.87. The standard InChI is InChI=1S/C53H92N2O7/c1-3-5-7-9-11-13-15-17-18-19-20-21-22-23-24-26-28-30-32-37-41-45-52(59)62-48(42-38-34-31-29-27-25-16-14-12-10-8-6-4-2)43-39-35-33-36-40-44-50(57)54-46-51(58)55-49(47-56)53(60)61/h5,7,11,13,17-18,20-21,23-24,48-49,56H,3-4,6,8-10,12,14-16,19,22,25-47H2,1-2H3,(H,54,57)(H,55,58)(H,60,61)/b7-5-,13-11-,18-17-,21-20-,24-23-. The van der Waals surface area contributed by atoms with E-state index in [1.165, 1.54) is 89.9 Å². The molecule has 0 heterocycles. The van der Waals surface area contributed by atoms with E-state index in [4.69, 9.17) is 14.9 Å². The van der Waals surface area contributed by atoms with Gasteiger partial charge in [0, 0.05) is 12.8 Å². The van der Waals surface area contributed by atoms with E-state index in [2.05, 4.69) is 85.2 Å². The molecule has 0 aromatic carbocycles. The average molecular weight is 869 g/mol. The summed E-state index contributed by atoms with van der Waals surface area (Å²) >= 11 is 0. The molecule has 0 rings (SSSR count). The molecule has 0 bridgehead atoms. The summed E-state index contributed by atoms with van der Waals surface area (Å²) in [4.78, 5) is 47.8. The van der Waals surface area contributed by atoms with Crippen LogP contribution >= 0.6 is 0 Å². The first-order valence-electron chi connectivity index (χ1n) is 25.2. The molecule has 0 radical (unpaired) electrons. The molecule has 9 nitrogen and oxygen atoms in total. The van der Waals surface area contributed by atoms with Crippen LogP contribution in [0.25, 0.3) is 0 Å². The van der Waals surface area contributed by atoms with E-state index in [9.17, 15) is 19.2 Å². The molecule has 62 heavy (non-hydrogen) atoms. The van der Waals surface area contributed by atoms with Crippen LogP contribution in [0, 0.1) is 0 Å². The van der Waals surface area contributed by atoms with Crippen LogP contribution in [0.3, 0.4) is 0 Å². The van der Waals surface area contributed by atoms with Crippen molar-refractivity contribution in [2.45, 2.75) is 238 Å². The number of aliphatic hydroxyl groups is 1. The van der Waals surface area contributed by atoms with Crippen molar-refractivity contribution in [3.63, 3.8) is 0 Å². The summed E-state index contributed by atoms with van der Waals surface area (Å²) in [5, 5.41) is 22.6. The molecule has 0 saturated carbocycles. The Morgan fingerprint density at radius 1 is 0.500 bits per heavy atom. The van der Waals surface area contributed by atoms with Crippen molar-refractivity contribution in [1.29, 1.82) is 0 Å². The Hall–Kier alpha value is -3.46. The third kappa shape index (κ3) is 43.2. The smallest absolute Gasteiger partial charge is 0.328 e. The molecule has 0 spiro atoms. The van der Waals surface area contributed by atoms with Crippen molar-refractivity contribution in [3.05, 3.63) is 60.8 Å². The van der Waals surface area contributed by atoms with Gasteiger partial charge in [0.2, 0.25) is 11.8 Å². The first-order valence-corrected chi connectivity index (χ1v) is 25.2. The summed E-state index contributed by atoms with van der Waals surface area (Å²) in [5.74, 6) is -2.31. The summed E-state index contributed by atoms with van der Waals surface area (Å²) in [7, 11) is 0. The number of rotatable bonds is 45. The number of carbonyl (C=O) groups is 4. The van der Waals surface area contributed by atoms with Gasteiger partial charge in [-0.3, -0.25) is 14.4 Å². The Balaban J connectivity index is 4.33. The Morgan fingerprint density at radius 3 is 1.39 bits per heavy atom. The monoisotopic (exact) mass is 869 g/mol. The van der Waals surface area contributed by atoms with Crippen LogP contribution < -0.4 is 10.6 Å². The second kappa shape index (κ2) is 47.0. The van der Waals surface area contributed by atoms with Crippen LogP contribution in [0.2, 0.25) is 0 Å². The minimum absolute atomic E-state index is 0.0258. The number of amides is 2. The number of nitrogens with one attached hydrogen (secondary N) is 2.